The Bertz CT molecular complexity index is 162. The van der Waals surface area contributed by atoms with Crippen molar-refractivity contribution in [1.29, 1.82) is 0 Å². The maximum Gasteiger partial charge on any atom is 0.0490 e. The molecule has 2 aliphatic carbocycles. The molecule has 0 spiro atoms. The van der Waals surface area contributed by atoms with E-state index >= 15 is 0 Å². The average molecular weight is 154 g/mol. The van der Waals surface area contributed by atoms with Crippen LogP contribution in [-0.2, 0) is 0 Å². The molecule has 64 valence electrons. The van der Waals surface area contributed by atoms with Crippen molar-refractivity contribution in [1.82, 2.24) is 0 Å². The van der Waals surface area contributed by atoms with E-state index in [0.29, 0.717) is 6.61 Å². The van der Waals surface area contributed by atoms with Crippen molar-refractivity contribution in [3.05, 3.63) is 0 Å². The zero-order chi connectivity index (χ0) is 8.06. The lowest BCUT2D eigenvalue weighted by Crippen LogP contribution is -2.35. The van der Waals surface area contributed by atoms with Crippen LogP contribution in [0.1, 0.15) is 33.1 Å². The molecular formula is C10H18O. The molecule has 2 bridgehead atoms. The first kappa shape index (κ1) is 7.60. The van der Waals surface area contributed by atoms with E-state index in [2.05, 4.69) is 13.8 Å². The predicted octanol–water partition coefficient (Wildman–Crippen LogP) is 2.05. The second kappa shape index (κ2) is 2.22. The van der Waals surface area contributed by atoms with Crippen molar-refractivity contribution >= 4 is 0 Å². The Morgan fingerprint density at radius 3 is 2.55 bits per heavy atom. The Morgan fingerprint density at radius 1 is 1.45 bits per heavy atom. The van der Waals surface area contributed by atoms with Gasteiger partial charge in [0, 0.05) is 6.61 Å². The number of aliphatic hydroxyl groups is 1. The lowest BCUT2D eigenvalue weighted by atomic mass is 9.69. The minimum Gasteiger partial charge on any atom is -0.396 e. The summed E-state index contributed by atoms with van der Waals surface area (Å²) >= 11 is 0. The van der Waals surface area contributed by atoms with Crippen molar-refractivity contribution in [3.8, 4) is 0 Å². The number of fused-ring (bicyclic) bond motifs is 2. The molecule has 0 aromatic heterocycles. The van der Waals surface area contributed by atoms with Gasteiger partial charge in [-0.1, -0.05) is 13.8 Å². The largest absolute Gasteiger partial charge is 0.396 e. The first-order valence-corrected chi connectivity index (χ1v) is 4.79. The highest BCUT2D eigenvalue weighted by Gasteiger charge is 2.52. The highest BCUT2D eigenvalue weighted by Crippen LogP contribution is 2.58. The van der Waals surface area contributed by atoms with Crippen LogP contribution in [0.5, 0.6) is 0 Å². The molecule has 0 saturated heterocycles. The predicted molar refractivity (Wildman–Crippen MR) is 45.2 cm³/mol. The quantitative estimate of drug-likeness (QED) is 0.613. The monoisotopic (exact) mass is 154 g/mol. The highest BCUT2D eigenvalue weighted by molar-refractivity contribution is 5.01. The molecule has 0 aromatic rings. The van der Waals surface area contributed by atoms with Crippen molar-refractivity contribution in [2.24, 2.45) is 23.2 Å². The molecule has 11 heavy (non-hydrogen) atoms. The van der Waals surface area contributed by atoms with Gasteiger partial charge in [-0.3, -0.25) is 0 Å². The zero-order valence-electron chi connectivity index (χ0n) is 7.51. The van der Waals surface area contributed by atoms with Crippen LogP contribution in [0.2, 0.25) is 0 Å². The van der Waals surface area contributed by atoms with Crippen molar-refractivity contribution < 1.29 is 5.11 Å². The van der Waals surface area contributed by atoms with Gasteiger partial charge in [0.2, 0.25) is 0 Å². The number of hydrogen-bond donors (Lipinski definition) is 1. The van der Waals surface area contributed by atoms with Crippen LogP contribution >= 0.6 is 0 Å². The van der Waals surface area contributed by atoms with Gasteiger partial charge in [-0.2, -0.15) is 0 Å². The van der Waals surface area contributed by atoms with Crippen LogP contribution in [0.3, 0.4) is 0 Å². The average Bonchev–Trinajstić information content (AvgIpc) is 2.56. The van der Waals surface area contributed by atoms with Crippen molar-refractivity contribution in [2.75, 3.05) is 6.61 Å². The fourth-order valence-electron chi connectivity index (χ4n) is 3.25. The van der Waals surface area contributed by atoms with E-state index in [1.807, 2.05) is 0 Å². The Labute approximate surface area is 68.8 Å². The Hall–Kier alpha value is -0.0400. The standard InChI is InChI=1S/C10H18O/c1-7-8-3-4-9(5-8)10(7,2)6-11/h7-9,11H,3-6H2,1-2H3/t7-,8-,9+,10-/m1/s1. The molecule has 0 heterocycles. The van der Waals surface area contributed by atoms with Crippen LogP contribution in [0.4, 0.5) is 0 Å². The lowest BCUT2D eigenvalue weighted by Gasteiger charge is -2.37. The van der Waals surface area contributed by atoms with Gasteiger partial charge < -0.3 is 5.11 Å². The van der Waals surface area contributed by atoms with Gasteiger partial charge in [-0.05, 0) is 42.4 Å². The summed E-state index contributed by atoms with van der Waals surface area (Å²) < 4.78 is 0. The minimum absolute atomic E-state index is 0.267. The molecule has 2 fully saturated rings. The first-order valence-electron chi connectivity index (χ1n) is 4.79. The van der Waals surface area contributed by atoms with Gasteiger partial charge >= 0.3 is 0 Å². The van der Waals surface area contributed by atoms with Crippen molar-refractivity contribution in [2.45, 2.75) is 33.1 Å². The summed E-state index contributed by atoms with van der Waals surface area (Å²) in [4.78, 5) is 0. The van der Waals surface area contributed by atoms with E-state index in [1.54, 1.807) is 0 Å². The molecule has 0 aromatic carbocycles. The fourth-order valence-corrected chi connectivity index (χ4v) is 3.25. The molecule has 2 rings (SSSR count). The van der Waals surface area contributed by atoms with Gasteiger partial charge in [0.05, 0.1) is 0 Å². The minimum atomic E-state index is 0.267. The van der Waals surface area contributed by atoms with Gasteiger partial charge in [0.15, 0.2) is 0 Å². The summed E-state index contributed by atoms with van der Waals surface area (Å²) in [6, 6.07) is 0. The SMILES string of the molecule is C[C@@H]1[C@@H]2CC[C@@H](C2)[C@]1(C)CO. The molecule has 0 radical (unpaired) electrons. The summed E-state index contributed by atoms with van der Waals surface area (Å²) in [5.74, 6) is 2.51. The van der Waals surface area contributed by atoms with Crippen LogP contribution in [0.25, 0.3) is 0 Å². The third-order valence-electron chi connectivity index (χ3n) is 4.49. The van der Waals surface area contributed by atoms with Gasteiger partial charge in [-0.25, -0.2) is 0 Å². The van der Waals surface area contributed by atoms with Gasteiger partial charge in [0.1, 0.15) is 0 Å². The summed E-state index contributed by atoms with van der Waals surface area (Å²) in [6.45, 7) is 4.98. The van der Waals surface area contributed by atoms with E-state index in [9.17, 15) is 5.11 Å². The highest BCUT2D eigenvalue weighted by atomic mass is 16.3. The van der Waals surface area contributed by atoms with Crippen LogP contribution < -0.4 is 0 Å². The molecule has 1 heteroatoms. The molecule has 2 saturated carbocycles. The summed E-state index contributed by atoms with van der Waals surface area (Å²) in [6.07, 6.45) is 4.17. The van der Waals surface area contributed by atoms with E-state index in [4.69, 9.17) is 0 Å². The van der Waals surface area contributed by atoms with E-state index < -0.39 is 0 Å². The molecule has 1 nitrogen and oxygen atoms in total. The smallest absolute Gasteiger partial charge is 0.0490 e. The van der Waals surface area contributed by atoms with Gasteiger partial charge in [0.25, 0.3) is 0 Å². The Balaban J connectivity index is 2.23. The third kappa shape index (κ3) is 0.807. The molecule has 4 atom stereocenters. The third-order valence-corrected chi connectivity index (χ3v) is 4.49. The normalized spacial score (nSPS) is 55.4. The Morgan fingerprint density at radius 2 is 2.18 bits per heavy atom. The molecule has 2 aliphatic rings. The van der Waals surface area contributed by atoms with Gasteiger partial charge in [-0.15, -0.1) is 0 Å². The topological polar surface area (TPSA) is 20.2 Å². The Kier molecular flexibility index (Phi) is 1.54. The number of rotatable bonds is 1. The number of hydrogen-bond acceptors (Lipinski definition) is 1. The maximum atomic E-state index is 9.32. The first-order chi connectivity index (χ1) is 5.18. The van der Waals surface area contributed by atoms with Crippen molar-refractivity contribution in [3.63, 3.8) is 0 Å². The summed E-state index contributed by atoms with van der Waals surface area (Å²) in [5, 5.41) is 9.32. The molecule has 1 N–H and O–H groups in total. The molecule has 0 unspecified atom stereocenters. The van der Waals surface area contributed by atoms with E-state index in [0.717, 1.165) is 17.8 Å². The lowest BCUT2D eigenvalue weighted by molar-refractivity contribution is 0.0370. The van der Waals surface area contributed by atoms with E-state index in [-0.39, 0.29) is 5.41 Å². The van der Waals surface area contributed by atoms with Crippen LogP contribution in [-0.4, -0.2) is 11.7 Å². The summed E-state index contributed by atoms with van der Waals surface area (Å²) in [7, 11) is 0. The molecule has 0 aliphatic heterocycles. The van der Waals surface area contributed by atoms with Crippen LogP contribution in [0, 0.1) is 23.2 Å². The van der Waals surface area contributed by atoms with E-state index in [1.165, 1.54) is 19.3 Å². The second-order valence-corrected chi connectivity index (χ2v) is 4.72. The maximum absolute atomic E-state index is 9.32. The number of aliphatic hydroxyl groups excluding tert-OH is 1. The molecular weight excluding hydrogens is 136 g/mol. The second-order valence-electron chi connectivity index (χ2n) is 4.72. The summed E-state index contributed by atoms with van der Waals surface area (Å²) in [5.41, 5.74) is 0.267. The molecule has 0 amide bonds. The fraction of sp³-hybridized carbons (Fsp3) is 1.00. The van der Waals surface area contributed by atoms with Crippen LogP contribution in [0.15, 0.2) is 0 Å². The zero-order valence-corrected chi connectivity index (χ0v) is 7.51.